The quantitative estimate of drug-likeness (QED) is 0.939. The van der Waals surface area contributed by atoms with Crippen LogP contribution in [0.4, 0.5) is 5.95 Å². The zero-order chi connectivity index (χ0) is 14.1. The zero-order valence-electron chi connectivity index (χ0n) is 12.3. The topological polar surface area (TPSA) is 50.7 Å². The first-order valence-corrected chi connectivity index (χ1v) is 7.98. The van der Waals surface area contributed by atoms with E-state index in [0.29, 0.717) is 0 Å². The molecule has 0 saturated carbocycles. The lowest BCUT2D eigenvalue weighted by molar-refractivity contribution is 0.883. The van der Waals surface area contributed by atoms with E-state index in [1.165, 1.54) is 40.4 Å². The van der Waals surface area contributed by atoms with Crippen LogP contribution in [0.1, 0.15) is 39.0 Å². The lowest BCUT2D eigenvalue weighted by atomic mass is 10.2. The average molecular weight is 288 g/mol. The third kappa shape index (κ3) is 2.68. The molecule has 106 valence electrons. The van der Waals surface area contributed by atoms with Crippen LogP contribution >= 0.6 is 11.3 Å². The number of nitrogens with one attached hydrogen (secondary N) is 1. The van der Waals surface area contributed by atoms with Gasteiger partial charge in [0.1, 0.15) is 0 Å². The van der Waals surface area contributed by atoms with Gasteiger partial charge in [0, 0.05) is 29.2 Å². The molecule has 5 heteroatoms. The molecule has 0 atom stereocenters. The highest BCUT2D eigenvalue weighted by Gasteiger charge is 2.16. The molecule has 0 aromatic carbocycles. The van der Waals surface area contributed by atoms with E-state index in [2.05, 4.69) is 22.2 Å². The first kappa shape index (κ1) is 13.5. The van der Waals surface area contributed by atoms with Crippen molar-refractivity contribution < 1.29 is 0 Å². The summed E-state index contributed by atoms with van der Waals surface area (Å²) in [4.78, 5) is 15.2. The van der Waals surface area contributed by atoms with Gasteiger partial charge in [-0.05, 0) is 45.6 Å². The van der Waals surface area contributed by atoms with E-state index in [4.69, 9.17) is 4.98 Å². The Kier molecular flexibility index (Phi) is 3.70. The Hall–Kier alpha value is -1.49. The largest absolute Gasteiger partial charge is 0.354 e. The minimum absolute atomic E-state index is 0.731. The number of aromatic nitrogens is 3. The van der Waals surface area contributed by atoms with Gasteiger partial charge in [0.25, 0.3) is 0 Å². The second-order valence-electron chi connectivity index (χ2n) is 5.35. The molecule has 0 unspecified atom stereocenters. The molecule has 4 nitrogen and oxygen atoms in total. The van der Waals surface area contributed by atoms with Crippen LogP contribution in [-0.2, 0) is 19.3 Å². The van der Waals surface area contributed by atoms with E-state index < -0.39 is 0 Å². The van der Waals surface area contributed by atoms with Gasteiger partial charge in [-0.15, -0.1) is 11.3 Å². The van der Waals surface area contributed by atoms with E-state index >= 15 is 0 Å². The Morgan fingerprint density at radius 3 is 2.50 bits per heavy atom. The number of fused-ring (bicyclic) bond motifs is 1. The highest BCUT2D eigenvalue weighted by Crippen LogP contribution is 2.27. The smallest absolute Gasteiger partial charge is 0.223 e. The maximum absolute atomic E-state index is 4.71. The molecule has 1 aliphatic rings. The Morgan fingerprint density at radius 1 is 1.05 bits per heavy atom. The van der Waals surface area contributed by atoms with Gasteiger partial charge in [0.05, 0.1) is 10.7 Å². The Bertz CT molecular complexity index is 588. The summed E-state index contributed by atoms with van der Waals surface area (Å²) in [6, 6.07) is 0. The van der Waals surface area contributed by atoms with Crippen molar-refractivity contribution in [1.82, 2.24) is 15.0 Å². The maximum atomic E-state index is 4.71. The van der Waals surface area contributed by atoms with Crippen molar-refractivity contribution in [3.8, 4) is 0 Å². The first-order chi connectivity index (χ1) is 9.63. The van der Waals surface area contributed by atoms with E-state index in [1.807, 2.05) is 25.2 Å². The summed E-state index contributed by atoms with van der Waals surface area (Å²) in [7, 11) is 0. The fourth-order valence-corrected chi connectivity index (χ4v) is 3.64. The monoisotopic (exact) mass is 288 g/mol. The summed E-state index contributed by atoms with van der Waals surface area (Å²) in [6.07, 6.45) is 4.62. The maximum Gasteiger partial charge on any atom is 0.223 e. The fraction of sp³-hybridized carbons (Fsp3) is 0.533. The number of hydrogen-bond donors (Lipinski definition) is 1. The van der Waals surface area contributed by atoms with Gasteiger partial charge in [0.15, 0.2) is 0 Å². The van der Waals surface area contributed by atoms with Crippen LogP contribution in [-0.4, -0.2) is 21.5 Å². The van der Waals surface area contributed by atoms with Gasteiger partial charge in [0.2, 0.25) is 5.95 Å². The van der Waals surface area contributed by atoms with Crippen LogP contribution in [0.5, 0.6) is 0 Å². The molecule has 0 fully saturated rings. The molecule has 0 aliphatic heterocycles. The average Bonchev–Trinajstić information content (AvgIpc) is 2.96. The van der Waals surface area contributed by atoms with Crippen molar-refractivity contribution >= 4 is 17.3 Å². The molecule has 2 aromatic rings. The van der Waals surface area contributed by atoms with Crippen LogP contribution in [0, 0.1) is 20.8 Å². The SMILES string of the molecule is Cc1nc(NCCc2nc3c(s2)CCC3)nc(C)c1C. The van der Waals surface area contributed by atoms with E-state index in [1.54, 1.807) is 0 Å². The Labute approximate surface area is 123 Å². The molecular weight excluding hydrogens is 268 g/mol. The summed E-state index contributed by atoms with van der Waals surface area (Å²) in [5.74, 6) is 0.731. The molecule has 20 heavy (non-hydrogen) atoms. The molecule has 0 amide bonds. The minimum atomic E-state index is 0.731. The third-order valence-corrected chi connectivity index (χ3v) is 5.11. The van der Waals surface area contributed by atoms with Gasteiger partial charge in [-0.25, -0.2) is 15.0 Å². The highest BCUT2D eigenvalue weighted by atomic mass is 32.1. The van der Waals surface area contributed by atoms with Crippen LogP contribution in [0.25, 0.3) is 0 Å². The first-order valence-electron chi connectivity index (χ1n) is 7.16. The van der Waals surface area contributed by atoms with E-state index in [0.717, 1.165) is 30.3 Å². The molecule has 1 aliphatic carbocycles. The highest BCUT2D eigenvalue weighted by molar-refractivity contribution is 7.11. The van der Waals surface area contributed by atoms with Crippen molar-refractivity contribution in [2.75, 3.05) is 11.9 Å². The summed E-state index contributed by atoms with van der Waals surface area (Å²) in [6.45, 7) is 6.96. The van der Waals surface area contributed by atoms with Crippen LogP contribution in [0.2, 0.25) is 0 Å². The molecule has 0 spiro atoms. The number of thiazole rings is 1. The summed E-state index contributed by atoms with van der Waals surface area (Å²) in [5, 5.41) is 4.55. The molecular formula is C15H20N4S. The van der Waals surface area contributed by atoms with Gasteiger partial charge >= 0.3 is 0 Å². The molecule has 3 rings (SSSR count). The van der Waals surface area contributed by atoms with E-state index in [9.17, 15) is 0 Å². The number of anilines is 1. The summed E-state index contributed by atoms with van der Waals surface area (Å²) < 4.78 is 0. The number of aryl methyl sites for hydroxylation is 4. The zero-order valence-corrected chi connectivity index (χ0v) is 13.1. The molecule has 1 N–H and O–H groups in total. The Morgan fingerprint density at radius 2 is 1.80 bits per heavy atom. The van der Waals surface area contributed by atoms with Crippen molar-refractivity contribution in [2.45, 2.75) is 46.5 Å². The molecule has 2 heterocycles. The van der Waals surface area contributed by atoms with Crippen LogP contribution in [0.3, 0.4) is 0 Å². The number of hydrogen-bond acceptors (Lipinski definition) is 5. The van der Waals surface area contributed by atoms with Crippen molar-refractivity contribution in [2.24, 2.45) is 0 Å². The predicted octanol–water partition coefficient (Wildman–Crippen LogP) is 3.00. The van der Waals surface area contributed by atoms with Crippen LogP contribution in [0.15, 0.2) is 0 Å². The molecule has 2 aromatic heterocycles. The lowest BCUT2D eigenvalue weighted by Crippen LogP contribution is -2.10. The molecule has 0 radical (unpaired) electrons. The van der Waals surface area contributed by atoms with Crippen molar-refractivity contribution in [3.63, 3.8) is 0 Å². The standard InChI is InChI=1S/C15H20N4S/c1-9-10(2)17-15(18-11(9)3)16-8-7-14-19-12-5-4-6-13(12)20-14/h4-8H2,1-3H3,(H,16,17,18). The molecule has 0 bridgehead atoms. The minimum Gasteiger partial charge on any atom is -0.354 e. The summed E-state index contributed by atoms with van der Waals surface area (Å²) >= 11 is 1.87. The van der Waals surface area contributed by atoms with Crippen LogP contribution < -0.4 is 5.32 Å². The van der Waals surface area contributed by atoms with E-state index in [-0.39, 0.29) is 0 Å². The molecule has 0 saturated heterocycles. The summed E-state index contributed by atoms with van der Waals surface area (Å²) in [5.41, 5.74) is 4.61. The second-order valence-corrected chi connectivity index (χ2v) is 6.52. The van der Waals surface area contributed by atoms with Crippen molar-refractivity contribution in [3.05, 3.63) is 32.5 Å². The Balaban J connectivity index is 1.59. The third-order valence-electron chi connectivity index (χ3n) is 3.89. The van der Waals surface area contributed by atoms with Gasteiger partial charge in [-0.1, -0.05) is 0 Å². The van der Waals surface area contributed by atoms with Gasteiger partial charge < -0.3 is 5.32 Å². The van der Waals surface area contributed by atoms with Gasteiger partial charge in [-0.2, -0.15) is 0 Å². The normalized spacial score (nSPS) is 13.6. The van der Waals surface area contributed by atoms with Gasteiger partial charge in [-0.3, -0.25) is 0 Å². The second kappa shape index (κ2) is 5.48. The predicted molar refractivity (Wildman–Crippen MR) is 82.6 cm³/mol. The number of rotatable bonds is 4. The number of nitrogens with zero attached hydrogens (tertiary/aromatic N) is 3. The van der Waals surface area contributed by atoms with Crippen molar-refractivity contribution in [1.29, 1.82) is 0 Å². The lowest BCUT2D eigenvalue weighted by Gasteiger charge is -2.08. The fourth-order valence-electron chi connectivity index (χ4n) is 2.48.